The van der Waals surface area contributed by atoms with Gasteiger partial charge in [0.15, 0.2) is 0 Å². The maximum absolute atomic E-state index is 13.6. The molecule has 2 rings (SSSR count). The van der Waals surface area contributed by atoms with Crippen molar-refractivity contribution in [2.75, 3.05) is 13.3 Å². The van der Waals surface area contributed by atoms with Crippen molar-refractivity contribution in [3.8, 4) is 5.75 Å². The minimum atomic E-state index is -1.49. The van der Waals surface area contributed by atoms with Gasteiger partial charge in [0.2, 0.25) is 0 Å². The van der Waals surface area contributed by atoms with E-state index >= 15 is 0 Å². The van der Waals surface area contributed by atoms with Crippen LogP contribution in [0.5, 0.6) is 5.75 Å². The number of hydrogen-bond donors (Lipinski definition) is 1. The molecule has 1 aromatic carbocycles. The SMILES string of the molecule is CC(n1cncn1)C(O)(COc1ccc(Cl)cc1)C(C)(C)CF. The molecule has 0 aliphatic rings. The molecule has 0 aliphatic heterocycles. The number of nitrogens with zero attached hydrogens (tertiary/aromatic N) is 3. The Bertz CT molecular complexity index is 619. The Morgan fingerprint density at radius 1 is 1.35 bits per heavy atom. The monoisotopic (exact) mass is 341 g/mol. The summed E-state index contributed by atoms with van der Waals surface area (Å²) in [4.78, 5) is 3.88. The molecule has 0 amide bonds. The van der Waals surface area contributed by atoms with Crippen LogP contribution in [0.1, 0.15) is 26.8 Å². The van der Waals surface area contributed by atoms with Crippen LogP contribution >= 0.6 is 11.6 Å². The summed E-state index contributed by atoms with van der Waals surface area (Å²) in [6.45, 7) is 4.29. The third-order valence-corrected chi connectivity index (χ3v) is 4.56. The zero-order valence-electron chi connectivity index (χ0n) is 13.4. The van der Waals surface area contributed by atoms with E-state index in [4.69, 9.17) is 16.3 Å². The van der Waals surface area contributed by atoms with E-state index in [0.717, 1.165) is 0 Å². The average molecular weight is 342 g/mol. The quantitative estimate of drug-likeness (QED) is 0.839. The summed E-state index contributed by atoms with van der Waals surface area (Å²) in [5.41, 5.74) is -2.53. The number of alkyl halides is 1. The van der Waals surface area contributed by atoms with E-state index in [-0.39, 0.29) is 6.61 Å². The number of rotatable bonds is 7. The van der Waals surface area contributed by atoms with Gasteiger partial charge in [-0.15, -0.1) is 0 Å². The lowest BCUT2D eigenvalue weighted by Gasteiger charge is -2.44. The lowest BCUT2D eigenvalue weighted by atomic mass is 9.72. The van der Waals surface area contributed by atoms with Crippen molar-refractivity contribution in [1.29, 1.82) is 0 Å². The lowest BCUT2D eigenvalue weighted by molar-refractivity contribution is -0.136. The van der Waals surface area contributed by atoms with E-state index in [1.54, 1.807) is 45.0 Å². The first-order chi connectivity index (χ1) is 10.8. The zero-order chi connectivity index (χ0) is 17.1. The summed E-state index contributed by atoms with van der Waals surface area (Å²) in [6, 6.07) is 6.26. The lowest BCUT2D eigenvalue weighted by Crippen LogP contribution is -2.55. The van der Waals surface area contributed by atoms with Gasteiger partial charge in [-0.2, -0.15) is 5.10 Å². The second-order valence-corrected chi connectivity index (χ2v) is 6.67. The van der Waals surface area contributed by atoms with Crippen LogP contribution in [0.3, 0.4) is 0 Å². The Balaban J connectivity index is 2.25. The van der Waals surface area contributed by atoms with Crippen LogP contribution < -0.4 is 4.74 Å². The molecule has 2 atom stereocenters. The fraction of sp³-hybridized carbons (Fsp3) is 0.500. The van der Waals surface area contributed by atoms with E-state index in [0.29, 0.717) is 10.8 Å². The summed E-state index contributed by atoms with van der Waals surface area (Å²) in [5.74, 6) is 0.549. The van der Waals surface area contributed by atoms with Gasteiger partial charge in [0, 0.05) is 10.4 Å². The number of aromatic nitrogens is 3. The topological polar surface area (TPSA) is 60.2 Å². The molecule has 126 valence electrons. The van der Waals surface area contributed by atoms with Crippen LogP contribution in [0.15, 0.2) is 36.9 Å². The summed E-state index contributed by atoms with van der Waals surface area (Å²) >= 11 is 5.84. The fourth-order valence-electron chi connectivity index (χ4n) is 2.36. The second kappa shape index (κ2) is 6.84. The standard InChI is InChI=1S/C16H21ClFN3O2/c1-12(21-11-19-10-20-21)16(22,15(2,3)8-18)9-23-14-6-4-13(17)5-7-14/h4-7,10-12,22H,8-9H2,1-3H3. The highest BCUT2D eigenvalue weighted by Gasteiger charge is 2.50. The van der Waals surface area contributed by atoms with Crippen LogP contribution in [0.4, 0.5) is 4.39 Å². The van der Waals surface area contributed by atoms with Crippen molar-refractivity contribution >= 4 is 11.6 Å². The maximum Gasteiger partial charge on any atom is 0.137 e. The maximum atomic E-state index is 13.6. The summed E-state index contributed by atoms with van der Waals surface area (Å²) in [6.07, 6.45) is 2.87. The minimum absolute atomic E-state index is 0.0907. The Morgan fingerprint density at radius 2 is 2.00 bits per heavy atom. The Hall–Kier alpha value is -1.66. The molecule has 23 heavy (non-hydrogen) atoms. The smallest absolute Gasteiger partial charge is 0.137 e. The molecule has 1 heterocycles. The highest BCUT2D eigenvalue weighted by atomic mass is 35.5. The van der Waals surface area contributed by atoms with Crippen LogP contribution in [0, 0.1) is 5.41 Å². The van der Waals surface area contributed by atoms with Gasteiger partial charge in [-0.3, -0.25) is 4.39 Å². The van der Waals surface area contributed by atoms with Gasteiger partial charge in [-0.05, 0) is 31.2 Å². The van der Waals surface area contributed by atoms with Crippen molar-refractivity contribution in [3.05, 3.63) is 41.9 Å². The molecule has 0 saturated carbocycles. The predicted octanol–water partition coefficient (Wildman–Crippen LogP) is 3.30. The first-order valence-corrected chi connectivity index (χ1v) is 7.69. The molecular weight excluding hydrogens is 321 g/mol. The molecule has 0 spiro atoms. The van der Waals surface area contributed by atoms with Gasteiger partial charge in [-0.1, -0.05) is 25.4 Å². The van der Waals surface area contributed by atoms with Gasteiger partial charge >= 0.3 is 0 Å². The molecule has 2 unspecified atom stereocenters. The molecule has 7 heteroatoms. The van der Waals surface area contributed by atoms with Crippen molar-refractivity contribution in [1.82, 2.24) is 14.8 Å². The molecule has 0 radical (unpaired) electrons. The summed E-state index contributed by atoms with van der Waals surface area (Å²) < 4.78 is 20.8. The number of aliphatic hydroxyl groups is 1. The summed E-state index contributed by atoms with van der Waals surface area (Å²) in [7, 11) is 0. The largest absolute Gasteiger partial charge is 0.490 e. The van der Waals surface area contributed by atoms with Gasteiger partial charge in [0.1, 0.15) is 30.6 Å². The van der Waals surface area contributed by atoms with Crippen LogP contribution in [0.2, 0.25) is 5.02 Å². The Labute approximate surface area is 140 Å². The molecule has 0 bridgehead atoms. The van der Waals surface area contributed by atoms with Crippen LogP contribution in [-0.2, 0) is 0 Å². The van der Waals surface area contributed by atoms with E-state index < -0.39 is 23.7 Å². The number of hydrogen-bond acceptors (Lipinski definition) is 4. The molecule has 0 fully saturated rings. The van der Waals surface area contributed by atoms with Crippen LogP contribution in [-0.4, -0.2) is 38.8 Å². The normalized spacial score (nSPS) is 15.9. The third-order valence-electron chi connectivity index (χ3n) is 4.30. The minimum Gasteiger partial charge on any atom is -0.490 e. The number of halogens is 2. The average Bonchev–Trinajstić information content (AvgIpc) is 3.07. The van der Waals surface area contributed by atoms with Crippen molar-refractivity contribution in [2.45, 2.75) is 32.4 Å². The number of ether oxygens (including phenoxy) is 1. The highest BCUT2D eigenvalue weighted by molar-refractivity contribution is 6.30. The second-order valence-electron chi connectivity index (χ2n) is 6.24. The predicted molar refractivity (Wildman–Crippen MR) is 86.4 cm³/mol. The van der Waals surface area contributed by atoms with E-state index in [9.17, 15) is 9.50 Å². The first kappa shape index (κ1) is 17.7. The molecule has 0 saturated heterocycles. The summed E-state index contributed by atoms with van der Waals surface area (Å²) in [5, 5.41) is 15.9. The Kier molecular flexibility index (Phi) is 5.26. The molecule has 1 aromatic heterocycles. The van der Waals surface area contributed by atoms with Crippen LogP contribution in [0.25, 0.3) is 0 Å². The number of benzene rings is 1. The fourth-order valence-corrected chi connectivity index (χ4v) is 2.48. The molecule has 1 N–H and O–H groups in total. The molecule has 2 aromatic rings. The zero-order valence-corrected chi connectivity index (χ0v) is 14.2. The van der Waals surface area contributed by atoms with E-state index in [1.807, 2.05) is 0 Å². The van der Waals surface area contributed by atoms with Gasteiger partial charge in [0.25, 0.3) is 0 Å². The van der Waals surface area contributed by atoms with Gasteiger partial charge < -0.3 is 9.84 Å². The van der Waals surface area contributed by atoms with Gasteiger partial charge in [0.05, 0.1) is 12.7 Å². The molecular formula is C16H21ClFN3O2. The van der Waals surface area contributed by atoms with Crippen molar-refractivity contribution < 1.29 is 14.2 Å². The van der Waals surface area contributed by atoms with E-state index in [2.05, 4.69) is 10.1 Å². The molecule has 0 aliphatic carbocycles. The Morgan fingerprint density at radius 3 is 2.52 bits per heavy atom. The third kappa shape index (κ3) is 3.64. The molecule has 5 nitrogen and oxygen atoms in total. The van der Waals surface area contributed by atoms with Crippen molar-refractivity contribution in [3.63, 3.8) is 0 Å². The first-order valence-electron chi connectivity index (χ1n) is 7.31. The van der Waals surface area contributed by atoms with E-state index in [1.165, 1.54) is 17.3 Å². The van der Waals surface area contributed by atoms with Crippen molar-refractivity contribution in [2.24, 2.45) is 5.41 Å². The highest BCUT2D eigenvalue weighted by Crippen LogP contribution is 2.40. The van der Waals surface area contributed by atoms with Gasteiger partial charge in [-0.25, -0.2) is 9.67 Å².